The van der Waals surface area contributed by atoms with E-state index in [1.54, 1.807) is 54.6 Å². The molecule has 0 aliphatic rings. The van der Waals surface area contributed by atoms with Crippen LogP contribution < -0.4 is 14.4 Å². The highest BCUT2D eigenvalue weighted by molar-refractivity contribution is 9.10. The monoisotopic (exact) mass is 725 g/mol. The lowest BCUT2D eigenvalue weighted by atomic mass is 10.0. The van der Waals surface area contributed by atoms with Gasteiger partial charge < -0.3 is 15.0 Å². The molecule has 4 aromatic carbocycles. The van der Waals surface area contributed by atoms with Crippen LogP contribution in [0, 0.1) is 6.92 Å². The number of carbonyl (C=O) groups excluding carboxylic acids is 2. The Hall–Kier alpha value is -3.86. The van der Waals surface area contributed by atoms with Crippen molar-refractivity contribution in [2.24, 2.45) is 0 Å². The van der Waals surface area contributed by atoms with Crippen molar-refractivity contribution in [1.29, 1.82) is 0 Å². The second-order valence-corrected chi connectivity index (χ2v) is 14.3. The average Bonchev–Trinajstić information content (AvgIpc) is 3.03. The molecule has 0 saturated carbocycles. The van der Waals surface area contributed by atoms with Crippen molar-refractivity contribution < 1.29 is 22.7 Å². The zero-order chi connectivity index (χ0) is 33.4. The quantitative estimate of drug-likeness (QED) is 0.164. The molecule has 1 atom stereocenters. The van der Waals surface area contributed by atoms with E-state index in [2.05, 4.69) is 21.2 Å². The topological polar surface area (TPSA) is 96.0 Å². The maximum Gasteiger partial charge on any atom is 0.264 e. The third-order valence-corrected chi connectivity index (χ3v) is 9.92. The molecule has 242 valence electrons. The fraction of sp³-hybridized carbons (Fsp3) is 0.257. The molecule has 0 fully saturated rings. The third-order valence-electron chi connectivity index (χ3n) is 7.28. The van der Waals surface area contributed by atoms with Crippen molar-refractivity contribution in [3.63, 3.8) is 0 Å². The van der Waals surface area contributed by atoms with E-state index in [4.69, 9.17) is 16.3 Å². The van der Waals surface area contributed by atoms with E-state index in [-0.39, 0.29) is 29.8 Å². The lowest BCUT2D eigenvalue weighted by molar-refractivity contribution is -0.140. The number of amides is 2. The van der Waals surface area contributed by atoms with E-state index in [1.165, 1.54) is 24.1 Å². The fourth-order valence-electron chi connectivity index (χ4n) is 4.90. The second-order valence-electron chi connectivity index (χ2n) is 11.2. The summed E-state index contributed by atoms with van der Waals surface area (Å²) in [7, 11) is -2.77. The molecule has 0 saturated heterocycles. The summed E-state index contributed by atoms with van der Waals surface area (Å²) in [6.45, 7) is 5.09. The number of hydrogen-bond donors (Lipinski definition) is 1. The summed E-state index contributed by atoms with van der Waals surface area (Å²) in [6, 6.07) is 26.6. The Morgan fingerprint density at radius 1 is 0.913 bits per heavy atom. The normalized spacial score (nSPS) is 12.0. The smallest absolute Gasteiger partial charge is 0.264 e. The molecule has 8 nitrogen and oxygen atoms in total. The number of aryl methyl sites for hydroxylation is 1. The molecule has 4 rings (SSSR count). The molecule has 11 heteroatoms. The summed E-state index contributed by atoms with van der Waals surface area (Å²) < 4.78 is 35.3. The highest BCUT2D eigenvalue weighted by atomic mass is 79.9. The maximum absolute atomic E-state index is 14.5. The number of nitrogens with one attached hydrogen (secondary N) is 1. The first-order valence-electron chi connectivity index (χ1n) is 14.7. The van der Waals surface area contributed by atoms with Crippen LogP contribution in [0.3, 0.4) is 0 Å². The summed E-state index contributed by atoms with van der Waals surface area (Å²) in [4.78, 5) is 29.7. The zero-order valence-corrected chi connectivity index (χ0v) is 29.3. The molecule has 0 heterocycles. The molecular weight excluding hydrogens is 690 g/mol. The number of halogens is 2. The molecule has 4 aromatic rings. The summed E-state index contributed by atoms with van der Waals surface area (Å²) in [5, 5.41) is 3.48. The lowest BCUT2D eigenvalue weighted by Crippen LogP contribution is -2.54. The van der Waals surface area contributed by atoms with Gasteiger partial charge in [0.1, 0.15) is 18.3 Å². The number of nitrogens with zero attached hydrogens (tertiary/aromatic N) is 2. The van der Waals surface area contributed by atoms with Crippen molar-refractivity contribution in [1.82, 2.24) is 10.2 Å². The van der Waals surface area contributed by atoms with E-state index in [0.29, 0.717) is 20.9 Å². The van der Waals surface area contributed by atoms with Crippen LogP contribution in [-0.4, -0.2) is 50.9 Å². The molecule has 0 aromatic heterocycles. The Morgan fingerprint density at radius 2 is 1.57 bits per heavy atom. The minimum Gasteiger partial charge on any atom is -0.496 e. The van der Waals surface area contributed by atoms with Crippen molar-refractivity contribution in [2.45, 2.75) is 50.7 Å². The highest BCUT2D eigenvalue weighted by Crippen LogP contribution is 2.31. The Labute approximate surface area is 284 Å². The number of sulfonamides is 1. The number of methoxy groups -OCH3 is 1. The molecule has 0 aliphatic carbocycles. The van der Waals surface area contributed by atoms with Gasteiger partial charge in [-0.1, -0.05) is 71.8 Å². The van der Waals surface area contributed by atoms with Crippen LogP contribution in [0.15, 0.2) is 106 Å². The van der Waals surface area contributed by atoms with Gasteiger partial charge in [0.25, 0.3) is 10.0 Å². The SMILES string of the molecule is COc1ccc(S(=O)(=O)N(CC(=O)N(Cc2ccc(Cl)cc2)[C@H](Cc2ccccc2)C(=O)NC(C)C)c2ccc(C)cc2)cc1Br. The number of rotatable bonds is 13. The van der Waals surface area contributed by atoms with Gasteiger partial charge in [0.05, 0.1) is 22.2 Å². The standard InChI is InChI=1S/C35H37BrClN3O5S/c1-24(2)38-35(42)32(20-26-8-6-5-7-9-26)39(22-27-12-14-28(37)15-13-27)34(41)23-40(29-16-10-25(3)11-17-29)46(43,44)30-18-19-33(45-4)31(36)21-30/h5-19,21,24,32H,20,22-23H2,1-4H3,(H,38,42)/t32-/m1/s1. The van der Waals surface area contributed by atoms with Gasteiger partial charge in [-0.25, -0.2) is 8.42 Å². The highest BCUT2D eigenvalue weighted by Gasteiger charge is 2.35. The molecule has 0 aliphatic heterocycles. The van der Waals surface area contributed by atoms with Crippen molar-refractivity contribution in [3.8, 4) is 5.75 Å². The summed E-state index contributed by atoms with van der Waals surface area (Å²) in [6.07, 6.45) is 0.224. The van der Waals surface area contributed by atoms with Crippen LogP contribution in [0.25, 0.3) is 0 Å². The minimum absolute atomic E-state index is 0.0313. The zero-order valence-electron chi connectivity index (χ0n) is 26.1. The van der Waals surface area contributed by atoms with Crippen LogP contribution >= 0.6 is 27.5 Å². The Morgan fingerprint density at radius 3 is 2.15 bits per heavy atom. The first-order valence-corrected chi connectivity index (χ1v) is 17.3. The summed E-state index contributed by atoms with van der Waals surface area (Å²) >= 11 is 9.53. The molecule has 0 spiro atoms. The van der Waals surface area contributed by atoms with Crippen LogP contribution in [-0.2, 0) is 32.6 Å². The van der Waals surface area contributed by atoms with E-state index >= 15 is 0 Å². The summed E-state index contributed by atoms with van der Waals surface area (Å²) in [5.41, 5.74) is 2.82. The predicted octanol–water partition coefficient (Wildman–Crippen LogP) is 6.78. The largest absolute Gasteiger partial charge is 0.496 e. The number of anilines is 1. The van der Waals surface area contributed by atoms with Crippen LogP contribution in [0.4, 0.5) is 5.69 Å². The minimum atomic E-state index is -4.26. The van der Waals surface area contributed by atoms with Gasteiger partial charge >= 0.3 is 0 Å². The average molecular weight is 727 g/mol. The first-order chi connectivity index (χ1) is 21.9. The Balaban J connectivity index is 1.81. The Bertz CT molecular complexity index is 1750. The first kappa shape index (κ1) is 35.0. The van der Waals surface area contributed by atoms with E-state index in [9.17, 15) is 18.0 Å². The van der Waals surface area contributed by atoms with Gasteiger partial charge in [0, 0.05) is 24.0 Å². The number of carbonyl (C=O) groups is 2. The molecule has 2 amide bonds. The third kappa shape index (κ3) is 8.90. The molecule has 0 radical (unpaired) electrons. The van der Waals surface area contributed by atoms with Gasteiger partial charge in [-0.2, -0.15) is 0 Å². The summed E-state index contributed by atoms with van der Waals surface area (Å²) in [5.74, 6) is -0.428. The number of ether oxygens (including phenoxy) is 1. The van der Waals surface area contributed by atoms with Gasteiger partial charge in [-0.05, 0) is 90.3 Å². The van der Waals surface area contributed by atoms with Gasteiger partial charge in [-0.15, -0.1) is 0 Å². The van der Waals surface area contributed by atoms with Crippen LogP contribution in [0.1, 0.15) is 30.5 Å². The number of hydrogen-bond acceptors (Lipinski definition) is 5. The fourth-order valence-corrected chi connectivity index (χ4v) is 7.15. The van der Waals surface area contributed by atoms with Gasteiger partial charge in [0.15, 0.2) is 0 Å². The molecule has 0 unspecified atom stereocenters. The van der Waals surface area contributed by atoms with Gasteiger partial charge in [-0.3, -0.25) is 13.9 Å². The predicted molar refractivity (Wildman–Crippen MR) is 186 cm³/mol. The van der Waals surface area contributed by atoms with E-state index in [0.717, 1.165) is 21.0 Å². The van der Waals surface area contributed by atoms with E-state index < -0.39 is 28.5 Å². The van der Waals surface area contributed by atoms with Crippen LogP contribution in [0.2, 0.25) is 5.02 Å². The number of benzene rings is 4. The molecule has 1 N–H and O–H groups in total. The maximum atomic E-state index is 14.5. The van der Waals surface area contributed by atoms with Crippen LogP contribution in [0.5, 0.6) is 5.75 Å². The lowest BCUT2D eigenvalue weighted by Gasteiger charge is -2.34. The van der Waals surface area contributed by atoms with Gasteiger partial charge in [0.2, 0.25) is 11.8 Å². The van der Waals surface area contributed by atoms with Crippen molar-refractivity contribution in [3.05, 3.63) is 123 Å². The Kier molecular flexibility index (Phi) is 11.9. The van der Waals surface area contributed by atoms with Crippen molar-refractivity contribution in [2.75, 3.05) is 18.0 Å². The van der Waals surface area contributed by atoms with E-state index in [1.807, 2.05) is 51.1 Å². The second kappa shape index (κ2) is 15.6. The molecule has 46 heavy (non-hydrogen) atoms. The van der Waals surface area contributed by atoms with Crippen molar-refractivity contribution >= 4 is 55.1 Å². The molecule has 0 bridgehead atoms. The molecular formula is C35H37BrClN3O5S.